The Morgan fingerprint density at radius 1 is 1.31 bits per heavy atom. The van der Waals surface area contributed by atoms with Gasteiger partial charge in [-0.3, -0.25) is 4.79 Å². The van der Waals surface area contributed by atoms with Crippen LogP contribution in [0.1, 0.15) is 47.6 Å². The van der Waals surface area contributed by atoms with E-state index in [-0.39, 0.29) is 29.6 Å². The van der Waals surface area contributed by atoms with E-state index in [0.717, 1.165) is 25.7 Å². The maximum atomic E-state index is 15.4. The van der Waals surface area contributed by atoms with Gasteiger partial charge >= 0.3 is 5.97 Å². The van der Waals surface area contributed by atoms with Gasteiger partial charge in [0.2, 0.25) is 5.43 Å². The quantitative estimate of drug-likeness (QED) is 0.819. The van der Waals surface area contributed by atoms with E-state index in [0.29, 0.717) is 42.4 Å². The van der Waals surface area contributed by atoms with E-state index in [1.54, 1.807) is 0 Å². The summed E-state index contributed by atoms with van der Waals surface area (Å²) in [6.07, 6.45) is 4.94. The van der Waals surface area contributed by atoms with Crippen molar-refractivity contribution in [2.75, 3.05) is 24.6 Å². The van der Waals surface area contributed by atoms with Gasteiger partial charge in [0.1, 0.15) is 11.4 Å². The largest absolute Gasteiger partial charge is 0.477 e. The Balaban J connectivity index is 1.81. The molecule has 0 amide bonds. The van der Waals surface area contributed by atoms with Crippen LogP contribution < -0.4 is 16.1 Å². The van der Waals surface area contributed by atoms with Crippen molar-refractivity contribution in [2.45, 2.75) is 44.4 Å². The number of halogens is 1. The lowest BCUT2D eigenvalue weighted by atomic mass is 10.0. The third-order valence-electron chi connectivity index (χ3n) is 6.47. The standard InChI is InChI=1S/C21H24FN3O4/c22-17-6-14-18(25(12-1-2-12)9-15(20(14)26)21(27)28)16-10-29-4-3-13-5-11(7-23)8-24(13)19(16)17/h6,9,11-13H,1-5,7-8,10,23H2,(H,27,28)/t11?,13-/m1/s1. The number of anilines is 1. The number of carboxylic acid groups (broad SMARTS) is 1. The number of aromatic nitrogens is 1. The zero-order valence-electron chi connectivity index (χ0n) is 16.1. The van der Waals surface area contributed by atoms with E-state index >= 15 is 4.39 Å². The monoisotopic (exact) mass is 401 g/mol. The first kappa shape index (κ1) is 18.6. The number of nitrogens with two attached hydrogens (primary N) is 1. The van der Waals surface area contributed by atoms with Crippen molar-refractivity contribution in [3.8, 4) is 0 Å². The van der Waals surface area contributed by atoms with Crippen molar-refractivity contribution in [1.29, 1.82) is 0 Å². The Morgan fingerprint density at radius 2 is 2.10 bits per heavy atom. The zero-order chi connectivity index (χ0) is 20.3. The van der Waals surface area contributed by atoms with Gasteiger partial charge in [-0.25, -0.2) is 9.18 Å². The first-order valence-electron chi connectivity index (χ1n) is 10.2. The molecular formula is C21H24FN3O4. The number of rotatable bonds is 3. The molecule has 2 atom stereocenters. The van der Waals surface area contributed by atoms with Crippen LogP contribution in [0.25, 0.3) is 10.9 Å². The highest BCUT2D eigenvalue weighted by Gasteiger charge is 2.37. The Hall–Kier alpha value is -2.45. The van der Waals surface area contributed by atoms with Gasteiger partial charge in [-0.05, 0) is 44.2 Å². The summed E-state index contributed by atoms with van der Waals surface area (Å²) in [4.78, 5) is 26.5. The fraction of sp³-hybridized carbons (Fsp3) is 0.524. The highest BCUT2D eigenvalue weighted by Crippen LogP contribution is 2.43. The molecule has 2 fully saturated rings. The molecule has 1 saturated heterocycles. The van der Waals surface area contributed by atoms with Crippen LogP contribution in [-0.2, 0) is 11.3 Å². The number of carboxylic acids is 1. The minimum atomic E-state index is -1.29. The summed E-state index contributed by atoms with van der Waals surface area (Å²) in [7, 11) is 0. The number of aromatic carboxylic acids is 1. The molecule has 2 aliphatic heterocycles. The van der Waals surface area contributed by atoms with Gasteiger partial charge < -0.3 is 25.0 Å². The number of ether oxygens (including phenoxy) is 1. The molecule has 3 N–H and O–H groups in total. The highest BCUT2D eigenvalue weighted by molar-refractivity contribution is 5.95. The summed E-state index contributed by atoms with van der Waals surface area (Å²) in [6, 6.07) is 1.49. The molecule has 29 heavy (non-hydrogen) atoms. The summed E-state index contributed by atoms with van der Waals surface area (Å²) in [5.74, 6) is -1.50. The van der Waals surface area contributed by atoms with Crippen LogP contribution in [0.2, 0.25) is 0 Å². The van der Waals surface area contributed by atoms with Crippen LogP contribution in [0.5, 0.6) is 0 Å². The fourth-order valence-corrected chi connectivity index (χ4v) is 4.92. The lowest BCUT2D eigenvalue weighted by molar-refractivity contribution is 0.0695. The lowest BCUT2D eigenvalue weighted by Crippen LogP contribution is -2.34. The summed E-state index contributed by atoms with van der Waals surface area (Å²) in [5, 5.41) is 9.58. The number of hydrogen-bond acceptors (Lipinski definition) is 5. The van der Waals surface area contributed by atoms with Gasteiger partial charge in [0.15, 0.2) is 0 Å². The Labute approximate surface area is 166 Å². The summed E-state index contributed by atoms with van der Waals surface area (Å²) < 4.78 is 23.1. The SMILES string of the molecule is NCC1C[C@H]2CCOCc3c(c(F)cc4c(=O)c(C(=O)O)cn(C5CC5)c34)N2C1. The first-order chi connectivity index (χ1) is 14.0. The topological polar surface area (TPSA) is 97.8 Å². The van der Waals surface area contributed by atoms with Crippen LogP contribution in [0.3, 0.4) is 0 Å². The fourth-order valence-electron chi connectivity index (χ4n) is 4.92. The average Bonchev–Trinajstić information content (AvgIpc) is 3.44. The first-order valence-corrected chi connectivity index (χ1v) is 10.2. The number of hydrogen-bond donors (Lipinski definition) is 2. The second kappa shape index (κ2) is 6.81. The second-order valence-corrected chi connectivity index (χ2v) is 8.38. The van der Waals surface area contributed by atoms with Gasteiger partial charge in [0.25, 0.3) is 0 Å². The van der Waals surface area contributed by atoms with Crippen molar-refractivity contribution in [1.82, 2.24) is 4.57 Å². The summed E-state index contributed by atoms with van der Waals surface area (Å²) >= 11 is 0. The molecule has 8 heteroatoms. The third kappa shape index (κ3) is 2.93. The number of nitrogens with zero attached hydrogens (tertiary/aromatic N) is 2. The maximum Gasteiger partial charge on any atom is 0.341 e. The van der Waals surface area contributed by atoms with Crippen molar-refractivity contribution in [3.63, 3.8) is 0 Å². The van der Waals surface area contributed by atoms with Gasteiger partial charge in [0, 0.05) is 42.4 Å². The Bertz CT molecular complexity index is 1060. The number of pyridine rings is 1. The lowest BCUT2D eigenvalue weighted by Gasteiger charge is -2.32. The molecule has 1 aromatic carbocycles. The molecule has 0 radical (unpaired) electrons. The van der Waals surface area contributed by atoms with Gasteiger partial charge in [0.05, 0.1) is 17.8 Å². The van der Waals surface area contributed by atoms with Crippen molar-refractivity contribution < 1.29 is 19.0 Å². The van der Waals surface area contributed by atoms with Crippen LogP contribution in [0, 0.1) is 11.7 Å². The second-order valence-electron chi connectivity index (χ2n) is 8.38. The van der Waals surface area contributed by atoms with Crippen LogP contribution in [0.4, 0.5) is 10.1 Å². The Morgan fingerprint density at radius 3 is 2.79 bits per heavy atom. The van der Waals surface area contributed by atoms with Crippen molar-refractivity contribution in [2.24, 2.45) is 11.7 Å². The molecule has 5 rings (SSSR count). The number of fused-ring (bicyclic) bond motifs is 5. The highest BCUT2D eigenvalue weighted by atomic mass is 19.1. The Kier molecular flexibility index (Phi) is 4.36. The van der Waals surface area contributed by atoms with Crippen molar-refractivity contribution >= 4 is 22.6 Å². The predicted molar refractivity (Wildman–Crippen MR) is 106 cm³/mol. The molecule has 1 aromatic heterocycles. The molecule has 7 nitrogen and oxygen atoms in total. The van der Waals surface area contributed by atoms with Crippen LogP contribution in [-0.4, -0.2) is 41.4 Å². The van der Waals surface area contributed by atoms with Gasteiger partial charge in [-0.15, -0.1) is 0 Å². The maximum absolute atomic E-state index is 15.4. The smallest absolute Gasteiger partial charge is 0.341 e. The minimum Gasteiger partial charge on any atom is -0.477 e. The van der Waals surface area contributed by atoms with E-state index in [9.17, 15) is 14.7 Å². The molecule has 1 aliphatic carbocycles. The average molecular weight is 401 g/mol. The zero-order valence-corrected chi connectivity index (χ0v) is 16.1. The summed E-state index contributed by atoms with van der Waals surface area (Å²) in [5.41, 5.74) is 6.66. The van der Waals surface area contributed by atoms with Crippen LogP contribution >= 0.6 is 0 Å². The molecule has 0 bridgehead atoms. The van der Waals surface area contributed by atoms with Gasteiger partial charge in [-0.2, -0.15) is 0 Å². The van der Waals surface area contributed by atoms with Gasteiger partial charge in [-0.1, -0.05) is 0 Å². The van der Waals surface area contributed by atoms with E-state index in [1.807, 2.05) is 4.57 Å². The molecule has 1 saturated carbocycles. The van der Waals surface area contributed by atoms with E-state index in [1.165, 1.54) is 12.3 Å². The van der Waals surface area contributed by atoms with E-state index in [2.05, 4.69) is 4.90 Å². The number of benzene rings is 1. The third-order valence-corrected chi connectivity index (χ3v) is 6.47. The molecule has 2 aromatic rings. The summed E-state index contributed by atoms with van der Waals surface area (Å²) in [6.45, 7) is 1.97. The van der Waals surface area contributed by atoms with E-state index in [4.69, 9.17) is 10.5 Å². The molecule has 3 aliphatic rings. The molecular weight excluding hydrogens is 377 g/mol. The number of carbonyl (C=O) groups is 1. The van der Waals surface area contributed by atoms with E-state index < -0.39 is 17.2 Å². The van der Waals surface area contributed by atoms with Crippen LogP contribution in [0.15, 0.2) is 17.1 Å². The molecule has 154 valence electrons. The normalized spacial score (nSPS) is 24.1. The van der Waals surface area contributed by atoms with Crippen molar-refractivity contribution in [3.05, 3.63) is 39.4 Å². The minimum absolute atomic E-state index is 0.114. The predicted octanol–water partition coefficient (Wildman–Crippen LogP) is 2.25. The molecule has 1 unspecified atom stereocenters. The molecule has 3 heterocycles. The molecule has 0 spiro atoms.